The zero-order valence-electron chi connectivity index (χ0n) is 12.5. The van der Waals surface area contributed by atoms with E-state index in [2.05, 4.69) is 46.7 Å². The quantitative estimate of drug-likeness (QED) is 0.465. The van der Waals surface area contributed by atoms with Crippen molar-refractivity contribution in [2.45, 2.75) is 32.7 Å². The number of piperidine rings is 1. The van der Waals surface area contributed by atoms with E-state index in [9.17, 15) is 10.1 Å². The van der Waals surface area contributed by atoms with Gasteiger partial charge in [0.15, 0.2) is 0 Å². The second-order valence-corrected chi connectivity index (χ2v) is 7.09. The molecule has 1 aromatic carbocycles. The molecule has 0 bridgehead atoms. The van der Waals surface area contributed by atoms with Gasteiger partial charge >= 0.3 is 0 Å². The highest BCUT2D eigenvalue weighted by Gasteiger charge is 2.25. The maximum absolute atomic E-state index is 11.4. The maximum atomic E-state index is 11.4. The van der Waals surface area contributed by atoms with Crippen molar-refractivity contribution < 1.29 is 4.92 Å². The number of benzene rings is 1. The van der Waals surface area contributed by atoms with E-state index in [1.807, 2.05) is 12.1 Å². The van der Waals surface area contributed by atoms with Crippen LogP contribution in [0.5, 0.6) is 0 Å². The number of hydrogen-bond acceptors (Lipinski definition) is 4. The van der Waals surface area contributed by atoms with Crippen molar-refractivity contribution in [2.75, 3.05) is 24.5 Å². The summed E-state index contributed by atoms with van der Waals surface area (Å²) in [4.78, 5) is 13.3. The SMILES string of the molecule is CC(C)N(CC1CCCNC1)c1ccc(I)cc1[N+](=O)[O-]. The maximum Gasteiger partial charge on any atom is 0.293 e. The van der Waals surface area contributed by atoms with E-state index < -0.39 is 0 Å². The lowest BCUT2D eigenvalue weighted by Gasteiger charge is -2.34. The predicted octanol–water partition coefficient (Wildman–Crippen LogP) is 3.41. The van der Waals surface area contributed by atoms with Crippen LogP contribution in [-0.4, -0.2) is 30.6 Å². The topological polar surface area (TPSA) is 58.4 Å². The Morgan fingerprint density at radius 1 is 1.52 bits per heavy atom. The third-order valence-electron chi connectivity index (χ3n) is 3.92. The van der Waals surface area contributed by atoms with Crippen LogP contribution in [0, 0.1) is 19.6 Å². The molecule has 1 saturated heterocycles. The largest absolute Gasteiger partial charge is 0.363 e. The fourth-order valence-electron chi connectivity index (χ4n) is 2.83. The van der Waals surface area contributed by atoms with Gasteiger partial charge in [-0.05, 0) is 80.4 Å². The molecule has 5 nitrogen and oxygen atoms in total. The van der Waals surface area contributed by atoms with Crippen molar-refractivity contribution in [3.8, 4) is 0 Å². The lowest BCUT2D eigenvalue weighted by Crippen LogP contribution is -2.41. The van der Waals surface area contributed by atoms with E-state index in [1.165, 1.54) is 12.8 Å². The molecule has 1 unspecified atom stereocenters. The van der Waals surface area contributed by atoms with Gasteiger partial charge < -0.3 is 10.2 Å². The number of halogens is 1. The van der Waals surface area contributed by atoms with Gasteiger partial charge in [-0.1, -0.05) is 0 Å². The lowest BCUT2D eigenvalue weighted by molar-refractivity contribution is -0.384. The molecule has 1 aromatic rings. The van der Waals surface area contributed by atoms with Crippen LogP contribution in [0.4, 0.5) is 11.4 Å². The van der Waals surface area contributed by atoms with Crippen LogP contribution in [0.3, 0.4) is 0 Å². The molecular weight excluding hydrogens is 381 g/mol. The number of nitro benzene ring substituents is 1. The smallest absolute Gasteiger partial charge is 0.293 e. The van der Waals surface area contributed by atoms with E-state index in [1.54, 1.807) is 6.07 Å². The minimum atomic E-state index is -0.272. The molecule has 116 valence electrons. The predicted molar refractivity (Wildman–Crippen MR) is 93.9 cm³/mol. The standard InChI is InChI=1S/C15H22IN3O2/c1-11(2)18(10-12-4-3-7-17-9-12)14-6-5-13(16)8-15(14)19(20)21/h5-6,8,11-12,17H,3-4,7,9-10H2,1-2H3. The van der Waals surface area contributed by atoms with Crippen molar-refractivity contribution in [1.82, 2.24) is 5.32 Å². The van der Waals surface area contributed by atoms with Gasteiger partial charge in [-0.25, -0.2) is 0 Å². The van der Waals surface area contributed by atoms with Gasteiger partial charge in [-0.2, -0.15) is 0 Å². The Morgan fingerprint density at radius 2 is 2.29 bits per heavy atom. The number of rotatable bonds is 5. The Hall–Kier alpha value is -0.890. The van der Waals surface area contributed by atoms with Crippen molar-refractivity contribution >= 4 is 34.0 Å². The minimum absolute atomic E-state index is 0.208. The van der Waals surface area contributed by atoms with Crippen LogP contribution >= 0.6 is 22.6 Å². The van der Waals surface area contributed by atoms with Gasteiger partial charge in [0.25, 0.3) is 5.69 Å². The minimum Gasteiger partial charge on any atom is -0.363 e. The summed E-state index contributed by atoms with van der Waals surface area (Å²) in [5.41, 5.74) is 0.945. The van der Waals surface area contributed by atoms with Gasteiger partial charge in [0.1, 0.15) is 5.69 Å². The number of nitrogens with zero attached hydrogens (tertiary/aromatic N) is 2. The Balaban J connectivity index is 2.27. The first kappa shape index (κ1) is 16.5. The molecule has 1 heterocycles. The number of hydrogen-bond donors (Lipinski definition) is 1. The second-order valence-electron chi connectivity index (χ2n) is 5.85. The summed E-state index contributed by atoms with van der Waals surface area (Å²) in [7, 11) is 0. The molecule has 1 N–H and O–H groups in total. The van der Waals surface area contributed by atoms with Gasteiger partial charge in [-0.15, -0.1) is 0 Å². The fraction of sp³-hybridized carbons (Fsp3) is 0.600. The van der Waals surface area contributed by atoms with Crippen molar-refractivity contribution in [1.29, 1.82) is 0 Å². The molecule has 0 aliphatic carbocycles. The summed E-state index contributed by atoms with van der Waals surface area (Å²) < 4.78 is 0.895. The number of anilines is 1. The van der Waals surface area contributed by atoms with Gasteiger partial charge in [0.05, 0.1) is 4.92 Å². The van der Waals surface area contributed by atoms with Crippen LogP contribution in [0.1, 0.15) is 26.7 Å². The van der Waals surface area contributed by atoms with E-state index >= 15 is 0 Å². The van der Waals surface area contributed by atoms with E-state index in [-0.39, 0.29) is 16.7 Å². The molecule has 0 saturated carbocycles. The van der Waals surface area contributed by atoms with E-state index in [0.29, 0.717) is 5.92 Å². The van der Waals surface area contributed by atoms with Crippen molar-refractivity contribution in [3.05, 3.63) is 31.9 Å². The highest BCUT2D eigenvalue weighted by Crippen LogP contribution is 2.32. The van der Waals surface area contributed by atoms with Crippen LogP contribution in [0.2, 0.25) is 0 Å². The molecule has 1 atom stereocenters. The monoisotopic (exact) mass is 403 g/mol. The molecule has 0 amide bonds. The lowest BCUT2D eigenvalue weighted by atomic mass is 9.98. The van der Waals surface area contributed by atoms with E-state index in [0.717, 1.165) is 28.9 Å². The third-order valence-corrected chi connectivity index (χ3v) is 4.59. The highest BCUT2D eigenvalue weighted by atomic mass is 127. The Labute approximate surface area is 139 Å². The van der Waals surface area contributed by atoms with Crippen molar-refractivity contribution in [3.63, 3.8) is 0 Å². The van der Waals surface area contributed by atoms with Crippen LogP contribution < -0.4 is 10.2 Å². The summed E-state index contributed by atoms with van der Waals surface area (Å²) >= 11 is 2.12. The first-order chi connectivity index (χ1) is 9.99. The molecule has 0 aromatic heterocycles. The zero-order valence-corrected chi connectivity index (χ0v) is 14.7. The first-order valence-corrected chi connectivity index (χ1v) is 8.48. The number of nitrogens with one attached hydrogen (secondary N) is 1. The molecule has 0 radical (unpaired) electrons. The van der Waals surface area contributed by atoms with Crippen LogP contribution in [-0.2, 0) is 0 Å². The summed E-state index contributed by atoms with van der Waals surface area (Å²) in [6, 6.07) is 5.73. The van der Waals surface area contributed by atoms with Crippen LogP contribution in [0.15, 0.2) is 18.2 Å². The first-order valence-electron chi connectivity index (χ1n) is 7.40. The van der Waals surface area contributed by atoms with Gasteiger partial charge in [0.2, 0.25) is 0 Å². The molecule has 6 heteroatoms. The molecule has 2 rings (SSSR count). The molecule has 1 fully saturated rings. The molecule has 1 aliphatic heterocycles. The molecule has 0 spiro atoms. The molecule has 1 aliphatic rings. The summed E-state index contributed by atoms with van der Waals surface area (Å²) in [5, 5.41) is 14.8. The van der Waals surface area contributed by atoms with Crippen LogP contribution in [0.25, 0.3) is 0 Å². The average molecular weight is 403 g/mol. The fourth-order valence-corrected chi connectivity index (χ4v) is 3.31. The number of nitro groups is 1. The third kappa shape index (κ3) is 4.29. The van der Waals surface area contributed by atoms with E-state index in [4.69, 9.17) is 0 Å². The second kappa shape index (κ2) is 7.40. The summed E-state index contributed by atoms with van der Waals surface area (Å²) in [5.74, 6) is 0.556. The normalized spacial score (nSPS) is 18.8. The molecular formula is C15H22IN3O2. The zero-order chi connectivity index (χ0) is 15.4. The Morgan fingerprint density at radius 3 is 2.86 bits per heavy atom. The van der Waals surface area contributed by atoms with Gasteiger partial charge in [-0.3, -0.25) is 10.1 Å². The van der Waals surface area contributed by atoms with Crippen molar-refractivity contribution in [2.24, 2.45) is 5.92 Å². The molecule has 21 heavy (non-hydrogen) atoms. The van der Waals surface area contributed by atoms with Gasteiger partial charge in [0, 0.05) is 22.2 Å². The Bertz CT molecular complexity index is 502. The average Bonchev–Trinajstić information content (AvgIpc) is 2.46. The Kier molecular flexibility index (Phi) is 5.80. The highest BCUT2D eigenvalue weighted by molar-refractivity contribution is 14.1. The summed E-state index contributed by atoms with van der Waals surface area (Å²) in [6.45, 7) is 7.14. The summed E-state index contributed by atoms with van der Waals surface area (Å²) in [6.07, 6.45) is 2.37.